The molecule has 2 aliphatic rings. The van der Waals surface area contributed by atoms with Crippen LogP contribution in [0.25, 0.3) is 11.1 Å². The lowest BCUT2D eigenvalue weighted by molar-refractivity contribution is 0.258. The number of ether oxygens (including phenoxy) is 3. The highest BCUT2D eigenvalue weighted by atomic mass is 19.2. The van der Waals surface area contributed by atoms with E-state index in [1.54, 1.807) is 24.3 Å². The molecule has 152 valence electrons. The molecule has 0 aliphatic carbocycles. The summed E-state index contributed by atoms with van der Waals surface area (Å²) in [5, 5.41) is 0. The van der Waals surface area contributed by atoms with Crippen molar-refractivity contribution in [2.45, 2.75) is 5.54 Å². The molecule has 2 aromatic carbocycles. The van der Waals surface area contributed by atoms with Crippen molar-refractivity contribution in [1.82, 2.24) is 4.98 Å². The molecule has 0 bridgehead atoms. The Hall–Kier alpha value is -3.75. The Labute approximate surface area is 168 Å². The van der Waals surface area contributed by atoms with Gasteiger partial charge >= 0.3 is 0 Å². The Morgan fingerprint density at radius 3 is 2.63 bits per heavy atom. The van der Waals surface area contributed by atoms with E-state index in [4.69, 9.17) is 19.9 Å². The van der Waals surface area contributed by atoms with Crippen LogP contribution in [0.15, 0.2) is 47.6 Å². The average Bonchev–Trinajstić information content (AvgIpc) is 3.14. The molecule has 0 saturated heterocycles. The number of nitrogens with two attached hydrogens (primary N) is 1. The van der Waals surface area contributed by atoms with E-state index in [1.165, 1.54) is 25.4 Å². The van der Waals surface area contributed by atoms with Crippen LogP contribution in [-0.4, -0.2) is 24.7 Å². The standard InChI is InChI=1S/C21H14F3N3O3/c1-28-15-8-13-18(17(23)16(15)22)30-14-5-4-10(11-3-2-6-26-19(11)24)7-12(14)21(13)9-29-20(25)27-21/h2-8H,9H2,1H3,(H2,25,27)/t21-/m1/s1. The van der Waals surface area contributed by atoms with Gasteiger partial charge in [-0.1, -0.05) is 6.07 Å². The molecule has 0 unspecified atom stereocenters. The Bertz CT molecular complexity index is 1230. The van der Waals surface area contributed by atoms with Gasteiger partial charge in [0.25, 0.3) is 6.02 Å². The van der Waals surface area contributed by atoms with Crippen molar-refractivity contribution >= 4 is 6.02 Å². The van der Waals surface area contributed by atoms with Crippen LogP contribution in [0.1, 0.15) is 11.1 Å². The summed E-state index contributed by atoms with van der Waals surface area (Å²) in [5.74, 6) is -3.46. The van der Waals surface area contributed by atoms with Gasteiger partial charge in [0.1, 0.15) is 12.4 Å². The number of hydrogen-bond donors (Lipinski definition) is 1. The monoisotopic (exact) mass is 413 g/mol. The van der Waals surface area contributed by atoms with Crippen LogP contribution in [0.2, 0.25) is 0 Å². The van der Waals surface area contributed by atoms with Crippen LogP contribution < -0.4 is 15.2 Å². The quantitative estimate of drug-likeness (QED) is 0.646. The average molecular weight is 413 g/mol. The fourth-order valence-electron chi connectivity index (χ4n) is 3.81. The van der Waals surface area contributed by atoms with E-state index in [-0.39, 0.29) is 41.0 Å². The number of aromatic nitrogens is 1. The molecule has 30 heavy (non-hydrogen) atoms. The third kappa shape index (κ3) is 2.44. The first-order valence-corrected chi connectivity index (χ1v) is 8.92. The van der Waals surface area contributed by atoms with Crippen molar-refractivity contribution < 1.29 is 27.4 Å². The first kappa shape index (κ1) is 18.3. The molecular formula is C21H14F3N3O3. The number of nitrogens with zero attached hydrogens (tertiary/aromatic N) is 2. The third-order valence-corrected chi connectivity index (χ3v) is 5.23. The lowest BCUT2D eigenvalue weighted by Gasteiger charge is -2.34. The molecule has 3 heterocycles. The summed E-state index contributed by atoms with van der Waals surface area (Å²) in [6.07, 6.45) is 1.34. The van der Waals surface area contributed by atoms with Crippen LogP contribution in [0, 0.1) is 17.6 Å². The zero-order chi connectivity index (χ0) is 21.0. The Kier molecular flexibility index (Phi) is 3.89. The van der Waals surface area contributed by atoms with Crippen molar-refractivity contribution in [3.05, 3.63) is 71.3 Å². The zero-order valence-electron chi connectivity index (χ0n) is 15.6. The molecule has 1 atom stereocenters. The van der Waals surface area contributed by atoms with Crippen LogP contribution in [0.4, 0.5) is 13.2 Å². The molecule has 2 aliphatic heterocycles. The molecule has 1 aromatic heterocycles. The largest absolute Gasteiger partial charge is 0.494 e. The molecule has 0 fully saturated rings. The van der Waals surface area contributed by atoms with Crippen LogP contribution >= 0.6 is 0 Å². The predicted octanol–water partition coefficient (Wildman–Crippen LogP) is 3.87. The fourth-order valence-corrected chi connectivity index (χ4v) is 3.81. The normalized spacial score (nSPS) is 18.9. The van der Waals surface area contributed by atoms with Gasteiger partial charge in [0.15, 0.2) is 17.0 Å². The first-order valence-electron chi connectivity index (χ1n) is 8.92. The van der Waals surface area contributed by atoms with Crippen LogP contribution in [0.3, 0.4) is 0 Å². The lowest BCUT2D eigenvalue weighted by atomic mass is 9.80. The van der Waals surface area contributed by atoms with Crippen LogP contribution in [0.5, 0.6) is 17.2 Å². The van der Waals surface area contributed by atoms with E-state index in [1.807, 2.05) is 0 Å². The van der Waals surface area contributed by atoms with E-state index in [0.29, 0.717) is 11.1 Å². The summed E-state index contributed by atoms with van der Waals surface area (Å²) in [6.45, 7) is -0.0740. The van der Waals surface area contributed by atoms with Gasteiger partial charge in [-0.2, -0.15) is 13.2 Å². The second-order valence-corrected chi connectivity index (χ2v) is 6.84. The topological polar surface area (TPSA) is 79.0 Å². The van der Waals surface area contributed by atoms with Gasteiger partial charge in [-0.15, -0.1) is 0 Å². The van der Waals surface area contributed by atoms with Crippen molar-refractivity contribution in [2.75, 3.05) is 13.7 Å². The number of aliphatic imine (C=N–C) groups is 1. The van der Waals surface area contributed by atoms with Crippen molar-refractivity contribution in [3.8, 4) is 28.4 Å². The third-order valence-electron chi connectivity index (χ3n) is 5.23. The van der Waals surface area contributed by atoms with Crippen molar-refractivity contribution in [3.63, 3.8) is 0 Å². The van der Waals surface area contributed by atoms with Crippen molar-refractivity contribution in [1.29, 1.82) is 0 Å². The van der Waals surface area contributed by atoms with E-state index in [0.717, 1.165) is 0 Å². The minimum atomic E-state index is -1.32. The second kappa shape index (κ2) is 6.38. The number of methoxy groups -OCH3 is 1. The Balaban J connectivity index is 1.79. The summed E-state index contributed by atoms with van der Waals surface area (Å²) in [7, 11) is 1.22. The minimum Gasteiger partial charge on any atom is -0.494 e. The molecule has 0 radical (unpaired) electrons. The number of rotatable bonds is 2. The van der Waals surface area contributed by atoms with E-state index in [9.17, 15) is 13.2 Å². The zero-order valence-corrected chi connectivity index (χ0v) is 15.6. The molecule has 2 N–H and O–H groups in total. The number of amidine groups is 1. The number of benzene rings is 2. The highest BCUT2D eigenvalue weighted by molar-refractivity contribution is 5.78. The van der Waals surface area contributed by atoms with Gasteiger partial charge in [-0.3, -0.25) is 0 Å². The van der Waals surface area contributed by atoms with Gasteiger partial charge in [-0.05, 0) is 35.9 Å². The maximum atomic E-state index is 14.8. The fraction of sp³-hybridized carbons (Fsp3) is 0.143. The summed E-state index contributed by atoms with van der Waals surface area (Å²) in [5.41, 5.74) is 5.89. The summed E-state index contributed by atoms with van der Waals surface area (Å²) in [6, 6.07) is 9.16. The summed E-state index contributed by atoms with van der Waals surface area (Å²) >= 11 is 0. The number of halogens is 3. The Morgan fingerprint density at radius 2 is 1.93 bits per heavy atom. The number of fused-ring (bicyclic) bond motifs is 4. The van der Waals surface area contributed by atoms with E-state index >= 15 is 0 Å². The SMILES string of the molecule is COc1cc2c(c(F)c1F)Oc1ccc(-c3cccnc3F)cc1[C@]21COC(N)=N1. The predicted molar refractivity (Wildman–Crippen MR) is 101 cm³/mol. The summed E-state index contributed by atoms with van der Waals surface area (Å²) < 4.78 is 59.4. The highest BCUT2D eigenvalue weighted by Crippen LogP contribution is 2.53. The maximum Gasteiger partial charge on any atom is 0.283 e. The lowest BCUT2D eigenvalue weighted by Crippen LogP contribution is -2.32. The molecule has 1 spiro atoms. The number of pyridine rings is 1. The van der Waals surface area contributed by atoms with Crippen LogP contribution in [-0.2, 0) is 10.3 Å². The molecule has 5 rings (SSSR count). The van der Waals surface area contributed by atoms with Gasteiger partial charge in [-0.25, -0.2) is 9.98 Å². The van der Waals surface area contributed by atoms with Gasteiger partial charge in [0.2, 0.25) is 17.6 Å². The maximum absolute atomic E-state index is 14.8. The smallest absolute Gasteiger partial charge is 0.283 e. The molecule has 6 nitrogen and oxygen atoms in total. The molecule has 0 saturated carbocycles. The van der Waals surface area contributed by atoms with Gasteiger partial charge in [0, 0.05) is 22.9 Å². The second-order valence-electron chi connectivity index (χ2n) is 6.84. The number of hydrogen-bond acceptors (Lipinski definition) is 6. The van der Waals surface area contributed by atoms with Gasteiger partial charge < -0.3 is 19.9 Å². The van der Waals surface area contributed by atoms with Crippen molar-refractivity contribution in [2.24, 2.45) is 10.7 Å². The highest BCUT2D eigenvalue weighted by Gasteiger charge is 2.49. The Morgan fingerprint density at radius 1 is 1.10 bits per heavy atom. The van der Waals surface area contributed by atoms with Gasteiger partial charge in [0.05, 0.1) is 7.11 Å². The molecule has 0 amide bonds. The summed E-state index contributed by atoms with van der Waals surface area (Å²) in [4.78, 5) is 8.07. The molecule has 3 aromatic rings. The van der Waals surface area contributed by atoms with E-state index < -0.39 is 23.1 Å². The first-order chi connectivity index (χ1) is 14.4. The minimum absolute atomic E-state index is 0.0740. The van der Waals surface area contributed by atoms with E-state index in [2.05, 4.69) is 9.98 Å². The molecule has 9 heteroatoms. The molecular weight excluding hydrogens is 399 g/mol.